The van der Waals surface area contributed by atoms with Crippen molar-refractivity contribution < 1.29 is 0 Å². The van der Waals surface area contributed by atoms with E-state index in [0.717, 1.165) is 18.1 Å². The van der Waals surface area contributed by atoms with Crippen molar-refractivity contribution in [3.05, 3.63) is 18.0 Å². The molecule has 0 radical (unpaired) electrons. The van der Waals surface area contributed by atoms with Gasteiger partial charge < -0.3 is 10.6 Å². The predicted octanol–water partition coefficient (Wildman–Crippen LogP) is 2.14. The molecule has 0 saturated carbocycles. The number of aryl methyl sites for hydroxylation is 1. The summed E-state index contributed by atoms with van der Waals surface area (Å²) >= 11 is 0. The van der Waals surface area contributed by atoms with E-state index in [-0.39, 0.29) is 24.0 Å². The number of hydrogen-bond acceptors (Lipinski definition) is 2. The second kappa shape index (κ2) is 9.17. The van der Waals surface area contributed by atoms with Crippen LogP contribution in [0.25, 0.3) is 0 Å². The van der Waals surface area contributed by atoms with Crippen LogP contribution in [0.15, 0.2) is 17.4 Å². The van der Waals surface area contributed by atoms with Gasteiger partial charge in [-0.05, 0) is 19.8 Å². The molecule has 0 bridgehead atoms. The van der Waals surface area contributed by atoms with E-state index in [9.17, 15) is 0 Å². The number of halogens is 1. The number of nitrogens with one attached hydrogen (secondary N) is 2. The Bertz CT molecular complexity index is 386. The van der Waals surface area contributed by atoms with Crippen LogP contribution in [0.3, 0.4) is 0 Å². The van der Waals surface area contributed by atoms with Crippen LogP contribution in [0.1, 0.15) is 33.3 Å². The Balaban J connectivity index is 0.00000324. The van der Waals surface area contributed by atoms with Crippen LogP contribution >= 0.6 is 24.0 Å². The Morgan fingerprint density at radius 2 is 2.11 bits per heavy atom. The zero-order valence-electron chi connectivity index (χ0n) is 12.5. The Labute approximate surface area is 133 Å². The zero-order chi connectivity index (χ0) is 13.5. The third-order valence-corrected chi connectivity index (χ3v) is 2.89. The molecule has 1 rings (SSSR count). The van der Waals surface area contributed by atoms with Crippen molar-refractivity contribution in [3.8, 4) is 0 Å². The van der Waals surface area contributed by atoms with Gasteiger partial charge in [0, 0.05) is 31.4 Å². The van der Waals surface area contributed by atoms with E-state index < -0.39 is 0 Å². The zero-order valence-corrected chi connectivity index (χ0v) is 14.8. The first kappa shape index (κ1) is 18.2. The molecule has 19 heavy (non-hydrogen) atoms. The Kier molecular flexibility index (Phi) is 8.79. The molecule has 0 spiro atoms. The normalized spacial score (nSPS) is 13.1. The Hall–Kier alpha value is -0.790. The van der Waals surface area contributed by atoms with Crippen molar-refractivity contribution in [2.24, 2.45) is 18.0 Å². The van der Waals surface area contributed by atoms with Gasteiger partial charge in [0.25, 0.3) is 0 Å². The van der Waals surface area contributed by atoms with Crippen molar-refractivity contribution in [2.45, 2.75) is 40.3 Å². The summed E-state index contributed by atoms with van der Waals surface area (Å²) in [5.74, 6) is 1.44. The maximum absolute atomic E-state index is 4.56. The van der Waals surface area contributed by atoms with E-state index in [1.165, 1.54) is 0 Å². The van der Waals surface area contributed by atoms with E-state index in [2.05, 4.69) is 48.4 Å². The van der Waals surface area contributed by atoms with E-state index in [1.807, 2.05) is 19.4 Å². The van der Waals surface area contributed by atoms with Crippen LogP contribution < -0.4 is 10.6 Å². The molecule has 0 aliphatic carbocycles. The first-order valence-electron chi connectivity index (χ1n) is 6.55. The molecular weight excluding hydrogens is 353 g/mol. The van der Waals surface area contributed by atoms with Crippen LogP contribution in [-0.4, -0.2) is 28.3 Å². The number of aliphatic imine (C=N–C) groups is 1. The number of rotatable bonds is 5. The summed E-state index contributed by atoms with van der Waals surface area (Å²) in [5.41, 5.74) is 1.12. The highest BCUT2D eigenvalue weighted by atomic mass is 127. The molecule has 0 amide bonds. The van der Waals surface area contributed by atoms with Crippen LogP contribution in [0.4, 0.5) is 0 Å². The molecule has 1 aromatic rings. The predicted molar refractivity (Wildman–Crippen MR) is 90.9 cm³/mol. The fraction of sp³-hybridized carbons (Fsp3) is 0.692. The van der Waals surface area contributed by atoms with Gasteiger partial charge in [0.1, 0.15) is 0 Å². The molecule has 1 heterocycles. The minimum atomic E-state index is 0. The maximum Gasteiger partial charge on any atom is 0.191 e. The molecule has 1 atom stereocenters. The Morgan fingerprint density at radius 1 is 1.42 bits per heavy atom. The molecular formula is C13H26IN5. The van der Waals surface area contributed by atoms with Gasteiger partial charge in [-0.1, -0.05) is 13.8 Å². The lowest BCUT2D eigenvalue weighted by Gasteiger charge is -2.20. The standard InChI is InChI=1S/C13H25N5.HI/c1-6-14-13(17-11(4)10(2)3)15-7-12-8-16-18(5)9-12;/h8-11H,6-7H2,1-5H3,(H2,14,15,17);1H. The lowest BCUT2D eigenvalue weighted by Crippen LogP contribution is -2.44. The molecule has 0 aliphatic rings. The van der Waals surface area contributed by atoms with Crippen molar-refractivity contribution in [3.63, 3.8) is 0 Å². The SMILES string of the molecule is CCNC(=NCc1cnn(C)c1)NC(C)C(C)C.I. The fourth-order valence-electron chi connectivity index (χ4n) is 1.43. The lowest BCUT2D eigenvalue weighted by atomic mass is 10.1. The number of hydrogen-bond donors (Lipinski definition) is 2. The molecule has 0 aliphatic heterocycles. The number of guanidine groups is 1. The number of aromatic nitrogens is 2. The summed E-state index contributed by atoms with van der Waals surface area (Å²) in [7, 11) is 1.91. The van der Waals surface area contributed by atoms with Crippen molar-refractivity contribution in [2.75, 3.05) is 6.54 Å². The molecule has 1 unspecified atom stereocenters. The molecule has 0 fully saturated rings. The Morgan fingerprint density at radius 3 is 2.58 bits per heavy atom. The van der Waals surface area contributed by atoms with E-state index >= 15 is 0 Å². The van der Waals surface area contributed by atoms with Gasteiger partial charge in [-0.25, -0.2) is 4.99 Å². The summed E-state index contributed by atoms with van der Waals surface area (Å²) < 4.78 is 1.79. The van der Waals surface area contributed by atoms with Crippen molar-refractivity contribution in [1.82, 2.24) is 20.4 Å². The van der Waals surface area contributed by atoms with Gasteiger partial charge >= 0.3 is 0 Å². The molecule has 6 heteroatoms. The molecule has 1 aromatic heterocycles. The van der Waals surface area contributed by atoms with Crippen LogP contribution in [0, 0.1) is 5.92 Å². The van der Waals surface area contributed by atoms with Gasteiger partial charge in [-0.3, -0.25) is 4.68 Å². The van der Waals surface area contributed by atoms with Gasteiger partial charge in [0.15, 0.2) is 5.96 Å². The number of nitrogens with zero attached hydrogens (tertiary/aromatic N) is 3. The summed E-state index contributed by atoms with van der Waals surface area (Å²) in [5, 5.41) is 10.8. The third kappa shape index (κ3) is 6.79. The monoisotopic (exact) mass is 379 g/mol. The third-order valence-electron chi connectivity index (χ3n) is 2.89. The van der Waals surface area contributed by atoms with E-state index in [4.69, 9.17) is 0 Å². The minimum Gasteiger partial charge on any atom is -0.357 e. The van der Waals surface area contributed by atoms with Crippen LogP contribution in [0.5, 0.6) is 0 Å². The molecule has 5 nitrogen and oxygen atoms in total. The van der Waals surface area contributed by atoms with Gasteiger partial charge in [-0.15, -0.1) is 24.0 Å². The first-order chi connectivity index (χ1) is 8.52. The molecule has 0 saturated heterocycles. The average Bonchev–Trinajstić information content (AvgIpc) is 2.72. The van der Waals surface area contributed by atoms with Crippen LogP contribution in [0.2, 0.25) is 0 Å². The van der Waals surface area contributed by atoms with Crippen molar-refractivity contribution >= 4 is 29.9 Å². The topological polar surface area (TPSA) is 54.2 Å². The largest absolute Gasteiger partial charge is 0.357 e. The maximum atomic E-state index is 4.56. The highest BCUT2D eigenvalue weighted by Crippen LogP contribution is 2.01. The van der Waals surface area contributed by atoms with Crippen molar-refractivity contribution in [1.29, 1.82) is 0 Å². The molecule has 2 N–H and O–H groups in total. The highest BCUT2D eigenvalue weighted by Gasteiger charge is 2.08. The molecule has 110 valence electrons. The lowest BCUT2D eigenvalue weighted by molar-refractivity contribution is 0.481. The summed E-state index contributed by atoms with van der Waals surface area (Å²) in [6.45, 7) is 10.1. The highest BCUT2D eigenvalue weighted by molar-refractivity contribution is 14.0. The van der Waals surface area contributed by atoms with Gasteiger partial charge in [0.05, 0.1) is 12.7 Å². The van der Waals surface area contributed by atoms with Gasteiger partial charge in [-0.2, -0.15) is 5.10 Å². The van der Waals surface area contributed by atoms with Gasteiger partial charge in [0.2, 0.25) is 0 Å². The summed E-state index contributed by atoms with van der Waals surface area (Å²) in [6.07, 6.45) is 3.83. The average molecular weight is 379 g/mol. The van der Waals surface area contributed by atoms with Crippen LogP contribution in [-0.2, 0) is 13.6 Å². The second-order valence-corrected chi connectivity index (χ2v) is 4.89. The summed E-state index contributed by atoms with van der Waals surface area (Å²) in [6, 6.07) is 0.400. The molecule has 0 aromatic carbocycles. The smallest absolute Gasteiger partial charge is 0.191 e. The quantitative estimate of drug-likeness (QED) is 0.468. The second-order valence-electron chi connectivity index (χ2n) is 4.89. The van der Waals surface area contributed by atoms with E-state index in [0.29, 0.717) is 18.5 Å². The first-order valence-corrected chi connectivity index (χ1v) is 6.55. The minimum absolute atomic E-state index is 0. The summed E-state index contributed by atoms with van der Waals surface area (Å²) in [4.78, 5) is 4.56. The fourth-order valence-corrected chi connectivity index (χ4v) is 1.43. The van der Waals surface area contributed by atoms with E-state index in [1.54, 1.807) is 4.68 Å².